The Balaban J connectivity index is 4.34. The van der Waals surface area contributed by atoms with Crippen LogP contribution in [-0.4, -0.2) is 29.4 Å². The molecule has 0 saturated carbocycles. The minimum absolute atomic E-state index is 0.0294. The number of hydrogen-bond donors (Lipinski definition) is 1. The quantitative estimate of drug-likeness (QED) is 0.658. The van der Waals surface area contributed by atoms with E-state index in [4.69, 9.17) is 5.73 Å². The van der Waals surface area contributed by atoms with Gasteiger partial charge in [-0.25, -0.2) is 0 Å². The normalized spacial score (nSPS) is 12.6. The molecule has 14 heavy (non-hydrogen) atoms. The third-order valence-corrected chi connectivity index (χ3v) is 2.15. The average molecular weight is 198 g/mol. The zero-order valence-electron chi connectivity index (χ0n) is 9.49. The first-order chi connectivity index (χ1) is 6.54. The van der Waals surface area contributed by atoms with E-state index in [-0.39, 0.29) is 18.0 Å². The highest BCUT2D eigenvalue weighted by molar-refractivity contribution is 5.82. The van der Waals surface area contributed by atoms with Crippen LogP contribution in [0.25, 0.3) is 0 Å². The summed E-state index contributed by atoms with van der Waals surface area (Å²) in [7, 11) is 0. The second-order valence-electron chi connectivity index (χ2n) is 3.77. The second kappa shape index (κ2) is 6.60. The Morgan fingerprint density at radius 2 is 2.14 bits per heavy atom. The molecular weight excluding hydrogens is 176 g/mol. The fourth-order valence-electron chi connectivity index (χ4n) is 1.34. The SMILES string of the molecule is C=CCN(C(=O)C(N)CCC)C(C)C. The topological polar surface area (TPSA) is 46.3 Å². The fourth-order valence-corrected chi connectivity index (χ4v) is 1.34. The van der Waals surface area contributed by atoms with Gasteiger partial charge in [0, 0.05) is 12.6 Å². The molecule has 0 rings (SSSR count). The summed E-state index contributed by atoms with van der Waals surface area (Å²) >= 11 is 0. The van der Waals surface area contributed by atoms with Gasteiger partial charge in [0.15, 0.2) is 0 Å². The van der Waals surface area contributed by atoms with Crippen LogP contribution in [0.3, 0.4) is 0 Å². The van der Waals surface area contributed by atoms with Gasteiger partial charge in [-0.05, 0) is 20.3 Å². The number of rotatable bonds is 6. The molecule has 0 aromatic carbocycles. The number of nitrogens with two attached hydrogens (primary N) is 1. The molecule has 1 unspecified atom stereocenters. The van der Waals surface area contributed by atoms with E-state index in [1.54, 1.807) is 11.0 Å². The summed E-state index contributed by atoms with van der Waals surface area (Å²) in [5.41, 5.74) is 5.77. The lowest BCUT2D eigenvalue weighted by Crippen LogP contribution is -2.46. The van der Waals surface area contributed by atoms with Gasteiger partial charge in [0.05, 0.1) is 6.04 Å². The van der Waals surface area contributed by atoms with Crippen molar-refractivity contribution in [2.45, 2.75) is 45.7 Å². The third-order valence-electron chi connectivity index (χ3n) is 2.15. The van der Waals surface area contributed by atoms with Crippen LogP contribution < -0.4 is 5.73 Å². The summed E-state index contributed by atoms with van der Waals surface area (Å²) in [6, 6.07) is -0.175. The third kappa shape index (κ3) is 3.92. The molecule has 0 radical (unpaired) electrons. The molecule has 1 atom stereocenters. The Hall–Kier alpha value is -0.830. The first-order valence-electron chi connectivity index (χ1n) is 5.21. The van der Waals surface area contributed by atoms with Gasteiger partial charge in [-0.1, -0.05) is 19.4 Å². The molecule has 0 aromatic heterocycles. The second-order valence-corrected chi connectivity index (χ2v) is 3.77. The first-order valence-corrected chi connectivity index (χ1v) is 5.21. The Bertz CT molecular complexity index is 190. The Kier molecular flexibility index (Phi) is 6.21. The number of amides is 1. The van der Waals surface area contributed by atoms with Crippen molar-refractivity contribution in [1.29, 1.82) is 0 Å². The molecular formula is C11H22N2O. The van der Waals surface area contributed by atoms with Gasteiger partial charge in [-0.3, -0.25) is 4.79 Å². The van der Waals surface area contributed by atoms with Crippen LogP contribution >= 0.6 is 0 Å². The zero-order chi connectivity index (χ0) is 11.1. The lowest BCUT2D eigenvalue weighted by molar-refractivity contribution is -0.133. The molecule has 0 spiro atoms. The van der Waals surface area contributed by atoms with E-state index >= 15 is 0 Å². The van der Waals surface area contributed by atoms with Crippen LogP contribution in [0.2, 0.25) is 0 Å². The molecule has 2 N–H and O–H groups in total. The van der Waals surface area contributed by atoms with Crippen LogP contribution in [0.1, 0.15) is 33.6 Å². The maximum absolute atomic E-state index is 11.8. The van der Waals surface area contributed by atoms with Crippen molar-refractivity contribution in [2.24, 2.45) is 5.73 Å². The van der Waals surface area contributed by atoms with E-state index in [9.17, 15) is 4.79 Å². The molecule has 0 fully saturated rings. The van der Waals surface area contributed by atoms with E-state index in [2.05, 4.69) is 6.58 Å². The summed E-state index contributed by atoms with van der Waals surface area (Å²) in [6.07, 6.45) is 3.42. The van der Waals surface area contributed by atoms with Crippen molar-refractivity contribution in [3.63, 3.8) is 0 Å². The van der Waals surface area contributed by atoms with Crippen LogP contribution in [0.4, 0.5) is 0 Å². The van der Waals surface area contributed by atoms with Gasteiger partial charge >= 0.3 is 0 Å². The molecule has 0 aliphatic heterocycles. The number of hydrogen-bond acceptors (Lipinski definition) is 2. The summed E-state index contributed by atoms with van der Waals surface area (Å²) in [5, 5.41) is 0. The van der Waals surface area contributed by atoms with Gasteiger partial charge in [-0.15, -0.1) is 6.58 Å². The molecule has 0 saturated heterocycles. The minimum Gasteiger partial charge on any atom is -0.335 e. The molecule has 0 aliphatic carbocycles. The zero-order valence-corrected chi connectivity index (χ0v) is 9.49. The summed E-state index contributed by atoms with van der Waals surface area (Å²) in [4.78, 5) is 13.6. The smallest absolute Gasteiger partial charge is 0.239 e. The van der Waals surface area contributed by atoms with Gasteiger partial charge in [0.25, 0.3) is 0 Å². The summed E-state index contributed by atoms with van der Waals surface area (Å²) in [6.45, 7) is 10.2. The van der Waals surface area contributed by atoms with Gasteiger partial charge in [0.1, 0.15) is 0 Å². The van der Waals surface area contributed by atoms with Gasteiger partial charge in [-0.2, -0.15) is 0 Å². The molecule has 0 heterocycles. The Morgan fingerprint density at radius 3 is 2.50 bits per heavy atom. The van der Waals surface area contributed by atoms with Crippen molar-refractivity contribution in [3.05, 3.63) is 12.7 Å². The highest BCUT2D eigenvalue weighted by atomic mass is 16.2. The first kappa shape index (κ1) is 13.2. The highest BCUT2D eigenvalue weighted by Crippen LogP contribution is 2.04. The maximum Gasteiger partial charge on any atom is 0.239 e. The number of carbonyl (C=O) groups is 1. The van der Waals surface area contributed by atoms with Gasteiger partial charge < -0.3 is 10.6 Å². The molecule has 82 valence electrons. The van der Waals surface area contributed by atoms with E-state index in [1.165, 1.54) is 0 Å². The molecule has 1 amide bonds. The van der Waals surface area contributed by atoms with E-state index < -0.39 is 0 Å². The van der Waals surface area contributed by atoms with Crippen LogP contribution in [0, 0.1) is 0 Å². The van der Waals surface area contributed by atoms with Crippen LogP contribution in [-0.2, 0) is 4.79 Å². The van der Waals surface area contributed by atoms with Crippen LogP contribution in [0.5, 0.6) is 0 Å². The lowest BCUT2D eigenvalue weighted by Gasteiger charge is -2.28. The molecule has 0 bridgehead atoms. The molecule has 0 aromatic rings. The van der Waals surface area contributed by atoms with Crippen molar-refractivity contribution in [1.82, 2.24) is 4.90 Å². The fraction of sp³-hybridized carbons (Fsp3) is 0.727. The highest BCUT2D eigenvalue weighted by Gasteiger charge is 2.21. The molecule has 3 nitrogen and oxygen atoms in total. The van der Waals surface area contributed by atoms with E-state index in [0.717, 1.165) is 12.8 Å². The van der Waals surface area contributed by atoms with Crippen molar-refractivity contribution in [2.75, 3.05) is 6.54 Å². The minimum atomic E-state index is -0.359. The van der Waals surface area contributed by atoms with Crippen molar-refractivity contribution < 1.29 is 4.79 Å². The molecule has 3 heteroatoms. The predicted molar refractivity (Wildman–Crippen MR) is 59.9 cm³/mol. The largest absolute Gasteiger partial charge is 0.335 e. The number of nitrogens with zero attached hydrogens (tertiary/aromatic N) is 1. The van der Waals surface area contributed by atoms with E-state index in [1.807, 2.05) is 20.8 Å². The maximum atomic E-state index is 11.8. The predicted octanol–water partition coefficient (Wildman–Crippen LogP) is 1.54. The van der Waals surface area contributed by atoms with Crippen LogP contribution in [0.15, 0.2) is 12.7 Å². The Morgan fingerprint density at radius 1 is 1.57 bits per heavy atom. The van der Waals surface area contributed by atoms with E-state index in [0.29, 0.717) is 6.54 Å². The monoisotopic (exact) mass is 198 g/mol. The molecule has 0 aliphatic rings. The lowest BCUT2D eigenvalue weighted by atomic mass is 10.1. The van der Waals surface area contributed by atoms with Gasteiger partial charge in [0.2, 0.25) is 5.91 Å². The van der Waals surface area contributed by atoms with Crippen molar-refractivity contribution >= 4 is 5.91 Å². The summed E-state index contributed by atoms with van der Waals surface area (Å²) < 4.78 is 0. The standard InChI is InChI=1S/C11H22N2O/c1-5-7-10(12)11(14)13(8-6-2)9(3)4/h6,9-10H,2,5,7-8,12H2,1,3-4H3. The van der Waals surface area contributed by atoms with Crippen molar-refractivity contribution in [3.8, 4) is 0 Å². The average Bonchev–Trinajstić information content (AvgIpc) is 2.13. The number of carbonyl (C=O) groups excluding carboxylic acids is 1. The summed E-state index contributed by atoms with van der Waals surface area (Å²) in [5.74, 6) is 0.0294. The Labute approximate surface area is 87.0 Å².